The molecule has 2 aromatic rings. The summed E-state index contributed by atoms with van der Waals surface area (Å²) in [4.78, 5) is 35.7. The summed E-state index contributed by atoms with van der Waals surface area (Å²) in [6.45, 7) is 3.14. The number of benzene rings is 2. The SMILES string of the molecule is CCC(OC(=O)c1cccc(NC(C)=O)c1)C(=O)Nc1ccccc1. The predicted octanol–water partition coefficient (Wildman–Crippen LogP) is 3.22. The highest BCUT2D eigenvalue weighted by molar-refractivity contribution is 5.98. The second-order valence-electron chi connectivity index (χ2n) is 5.42. The van der Waals surface area contributed by atoms with Gasteiger partial charge in [-0.05, 0) is 36.8 Å². The lowest BCUT2D eigenvalue weighted by Gasteiger charge is -2.16. The van der Waals surface area contributed by atoms with E-state index in [4.69, 9.17) is 4.74 Å². The second-order valence-corrected chi connectivity index (χ2v) is 5.42. The first-order chi connectivity index (χ1) is 12.0. The number of hydrogen-bond donors (Lipinski definition) is 2. The quantitative estimate of drug-likeness (QED) is 0.791. The van der Waals surface area contributed by atoms with Crippen LogP contribution in [0, 0.1) is 0 Å². The van der Waals surface area contributed by atoms with Crippen molar-refractivity contribution in [3.8, 4) is 0 Å². The van der Waals surface area contributed by atoms with E-state index in [0.29, 0.717) is 17.8 Å². The van der Waals surface area contributed by atoms with Crippen molar-refractivity contribution in [1.29, 1.82) is 0 Å². The number of carbonyl (C=O) groups is 3. The maximum atomic E-state index is 12.3. The van der Waals surface area contributed by atoms with Gasteiger partial charge in [0, 0.05) is 18.3 Å². The molecule has 25 heavy (non-hydrogen) atoms. The molecule has 0 radical (unpaired) electrons. The van der Waals surface area contributed by atoms with Crippen LogP contribution in [0.1, 0.15) is 30.6 Å². The second kappa shape index (κ2) is 8.63. The molecule has 0 heterocycles. The molecule has 1 atom stereocenters. The van der Waals surface area contributed by atoms with E-state index in [2.05, 4.69) is 10.6 Å². The van der Waals surface area contributed by atoms with Gasteiger partial charge in [0.05, 0.1) is 5.56 Å². The number of anilines is 2. The fourth-order valence-electron chi connectivity index (χ4n) is 2.19. The molecule has 0 saturated heterocycles. The lowest BCUT2D eigenvalue weighted by Crippen LogP contribution is -2.32. The van der Waals surface area contributed by atoms with Gasteiger partial charge in [-0.15, -0.1) is 0 Å². The van der Waals surface area contributed by atoms with E-state index in [9.17, 15) is 14.4 Å². The minimum absolute atomic E-state index is 0.237. The van der Waals surface area contributed by atoms with E-state index in [1.165, 1.54) is 13.0 Å². The van der Waals surface area contributed by atoms with Crippen molar-refractivity contribution >= 4 is 29.2 Å². The third-order valence-corrected chi connectivity index (χ3v) is 3.37. The molecule has 2 rings (SSSR count). The minimum Gasteiger partial charge on any atom is -0.449 e. The van der Waals surface area contributed by atoms with E-state index < -0.39 is 12.1 Å². The van der Waals surface area contributed by atoms with Crippen LogP contribution in [0.15, 0.2) is 54.6 Å². The largest absolute Gasteiger partial charge is 0.449 e. The van der Waals surface area contributed by atoms with Crippen LogP contribution >= 0.6 is 0 Å². The van der Waals surface area contributed by atoms with Crippen LogP contribution in [0.4, 0.5) is 11.4 Å². The summed E-state index contributed by atoms with van der Waals surface area (Å²) in [7, 11) is 0. The van der Waals surface area contributed by atoms with Gasteiger partial charge in [0.15, 0.2) is 6.10 Å². The van der Waals surface area contributed by atoms with Crippen LogP contribution in [0.5, 0.6) is 0 Å². The Labute approximate surface area is 146 Å². The van der Waals surface area contributed by atoms with Crippen LogP contribution in [0.3, 0.4) is 0 Å². The third kappa shape index (κ3) is 5.46. The van der Waals surface area contributed by atoms with Crippen molar-refractivity contribution in [2.45, 2.75) is 26.4 Å². The molecule has 1 unspecified atom stereocenters. The maximum absolute atomic E-state index is 12.3. The average molecular weight is 340 g/mol. The number of esters is 1. The standard InChI is InChI=1S/C19H20N2O4/c1-3-17(18(23)21-15-9-5-4-6-10-15)25-19(24)14-8-7-11-16(12-14)20-13(2)22/h4-12,17H,3H2,1-2H3,(H,20,22)(H,21,23). The summed E-state index contributed by atoms with van der Waals surface area (Å²) in [6.07, 6.45) is -0.562. The average Bonchev–Trinajstić information content (AvgIpc) is 2.60. The monoisotopic (exact) mass is 340 g/mol. The number of nitrogens with one attached hydrogen (secondary N) is 2. The minimum atomic E-state index is -0.905. The zero-order valence-corrected chi connectivity index (χ0v) is 14.1. The Morgan fingerprint density at radius 3 is 2.28 bits per heavy atom. The van der Waals surface area contributed by atoms with Crippen molar-refractivity contribution < 1.29 is 19.1 Å². The van der Waals surface area contributed by atoms with Crippen LogP contribution in [0.25, 0.3) is 0 Å². The number of ether oxygens (including phenoxy) is 1. The lowest BCUT2D eigenvalue weighted by atomic mass is 10.2. The molecular formula is C19H20N2O4. The molecule has 0 aliphatic heterocycles. The van der Waals surface area contributed by atoms with Crippen molar-refractivity contribution in [2.75, 3.05) is 10.6 Å². The normalized spacial score (nSPS) is 11.3. The van der Waals surface area contributed by atoms with E-state index in [-0.39, 0.29) is 17.4 Å². The molecule has 0 aromatic heterocycles. The smallest absolute Gasteiger partial charge is 0.338 e. The fourth-order valence-corrected chi connectivity index (χ4v) is 2.19. The van der Waals surface area contributed by atoms with Crippen LogP contribution in [0.2, 0.25) is 0 Å². The van der Waals surface area contributed by atoms with Gasteiger partial charge in [-0.1, -0.05) is 31.2 Å². The van der Waals surface area contributed by atoms with E-state index >= 15 is 0 Å². The zero-order valence-electron chi connectivity index (χ0n) is 14.1. The number of hydrogen-bond acceptors (Lipinski definition) is 4. The van der Waals surface area contributed by atoms with E-state index in [1.54, 1.807) is 49.4 Å². The molecule has 6 nitrogen and oxygen atoms in total. The summed E-state index contributed by atoms with van der Waals surface area (Å²) in [6, 6.07) is 15.3. The molecule has 2 aromatic carbocycles. The first-order valence-electron chi connectivity index (χ1n) is 7.94. The molecule has 0 saturated carbocycles. The maximum Gasteiger partial charge on any atom is 0.338 e. The van der Waals surface area contributed by atoms with Gasteiger partial charge in [0.25, 0.3) is 5.91 Å². The van der Waals surface area contributed by atoms with Crippen molar-refractivity contribution in [3.05, 3.63) is 60.2 Å². The van der Waals surface area contributed by atoms with Gasteiger partial charge in [0.2, 0.25) is 5.91 Å². The van der Waals surface area contributed by atoms with E-state index in [0.717, 1.165) is 0 Å². The van der Waals surface area contributed by atoms with Gasteiger partial charge < -0.3 is 15.4 Å². The Morgan fingerprint density at radius 2 is 1.64 bits per heavy atom. The number of rotatable bonds is 6. The summed E-state index contributed by atoms with van der Waals surface area (Å²) in [5, 5.41) is 5.31. The van der Waals surface area contributed by atoms with Crippen molar-refractivity contribution in [1.82, 2.24) is 0 Å². The highest BCUT2D eigenvalue weighted by atomic mass is 16.5. The highest BCUT2D eigenvalue weighted by Crippen LogP contribution is 2.14. The molecule has 0 spiro atoms. The van der Waals surface area contributed by atoms with Gasteiger partial charge in [-0.2, -0.15) is 0 Å². The number of para-hydroxylation sites is 1. The van der Waals surface area contributed by atoms with Gasteiger partial charge in [-0.25, -0.2) is 4.79 Å². The van der Waals surface area contributed by atoms with Crippen molar-refractivity contribution in [3.63, 3.8) is 0 Å². The molecule has 2 N–H and O–H groups in total. The molecule has 0 fully saturated rings. The summed E-state index contributed by atoms with van der Waals surface area (Å²) < 4.78 is 5.32. The molecule has 0 bridgehead atoms. The van der Waals surface area contributed by atoms with Crippen molar-refractivity contribution in [2.24, 2.45) is 0 Å². The van der Waals surface area contributed by atoms with Crippen LogP contribution in [-0.4, -0.2) is 23.9 Å². The highest BCUT2D eigenvalue weighted by Gasteiger charge is 2.22. The van der Waals surface area contributed by atoms with Crippen LogP contribution < -0.4 is 10.6 Å². The summed E-state index contributed by atoms with van der Waals surface area (Å²) in [5.74, 6) is -1.25. The molecule has 0 aliphatic rings. The Morgan fingerprint density at radius 1 is 0.960 bits per heavy atom. The molecular weight excluding hydrogens is 320 g/mol. The van der Waals surface area contributed by atoms with Gasteiger partial charge in [-0.3, -0.25) is 9.59 Å². The first-order valence-corrected chi connectivity index (χ1v) is 7.94. The summed E-state index contributed by atoms with van der Waals surface area (Å²) in [5.41, 5.74) is 1.38. The Kier molecular flexibility index (Phi) is 6.28. The Balaban J connectivity index is 2.04. The fraction of sp³-hybridized carbons (Fsp3) is 0.211. The summed E-state index contributed by atoms with van der Waals surface area (Å²) >= 11 is 0. The van der Waals surface area contributed by atoms with Crippen LogP contribution in [-0.2, 0) is 14.3 Å². The number of amides is 2. The first kappa shape index (κ1) is 18.2. The Hall–Kier alpha value is -3.15. The van der Waals surface area contributed by atoms with Gasteiger partial charge >= 0.3 is 5.97 Å². The topological polar surface area (TPSA) is 84.5 Å². The molecule has 130 valence electrons. The zero-order chi connectivity index (χ0) is 18.2. The molecule has 2 amide bonds. The van der Waals surface area contributed by atoms with Gasteiger partial charge in [0.1, 0.15) is 0 Å². The Bertz CT molecular complexity index is 759. The predicted molar refractivity (Wildman–Crippen MR) is 95.3 cm³/mol. The molecule has 0 aliphatic carbocycles. The third-order valence-electron chi connectivity index (χ3n) is 3.37. The van der Waals surface area contributed by atoms with E-state index in [1.807, 2.05) is 6.07 Å². The lowest BCUT2D eigenvalue weighted by molar-refractivity contribution is -0.124. The number of carbonyl (C=O) groups excluding carboxylic acids is 3. The molecule has 6 heteroatoms.